The van der Waals surface area contributed by atoms with Gasteiger partial charge in [-0.05, 0) is 25.5 Å². The molecule has 2 heterocycles. The lowest BCUT2D eigenvalue weighted by Crippen LogP contribution is -2.50. The number of aliphatic carboxylic acids is 2. The van der Waals surface area contributed by atoms with Crippen LogP contribution in [0.1, 0.15) is 26.7 Å². The number of carboxylic acids is 2. The molecule has 40 heavy (non-hydrogen) atoms. The smallest absolute Gasteiger partial charge is 0.475 e. The zero-order valence-corrected chi connectivity index (χ0v) is 22.5. The Morgan fingerprint density at radius 2 is 1.62 bits per heavy atom. The first kappa shape index (κ1) is 37.1. The summed E-state index contributed by atoms with van der Waals surface area (Å²) < 4.78 is 68.4. The van der Waals surface area contributed by atoms with Crippen molar-refractivity contribution in [1.29, 1.82) is 0 Å². The van der Waals surface area contributed by atoms with Crippen molar-refractivity contribution in [2.45, 2.75) is 44.3 Å². The van der Waals surface area contributed by atoms with E-state index < -0.39 is 24.3 Å². The van der Waals surface area contributed by atoms with Crippen molar-refractivity contribution in [3.63, 3.8) is 0 Å². The van der Waals surface area contributed by atoms with Crippen LogP contribution in [0.4, 0.5) is 26.3 Å². The predicted octanol–water partition coefficient (Wildman–Crippen LogP) is 1.92. The molecule has 18 heteroatoms. The number of nitrogens with zero attached hydrogens (tertiary/aromatic N) is 2. The maximum absolute atomic E-state index is 12.3. The van der Waals surface area contributed by atoms with E-state index in [-0.39, 0.29) is 28.7 Å². The summed E-state index contributed by atoms with van der Waals surface area (Å²) in [6, 6.07) is 0. The molecule has 1 atom stereocenters. The van der Waals surface area contributed by atoms with Gasteiger partial charge in [-0.15, -0.1) is 0 Å². The molecular formula is C22H31F6N3O8S. The van der Waals surface area contributed by atoms with Crippen LogP contribution in [-0.4, -0.2) is 119 Å². The molecule has 1 amide bonds. The molecule has 2 aliphatic heterocycles. The van der Waals surface area contributed by atoms with Crippen LogP contribution in [0.2, 0.25) is 0 Å². The Morgan fingerprint density at radius 3 is 2.08 bits per heavy atom. The number of nitrogens with one attached hydrogen (secondary N) is 1. The number of esters is 1. The molecule has 3 N–H and O–H groups in total. The number of carbonyl (C=O) groups is 5. The number of piperidine rings is 1. The average molecular weight is 612 g/mol. The first-order valence-corrected chi connectivity index (χ1v) is 12.6. The van der Waals surface area contributed by atoms with E-state index in [4.69, 9.17) is 24.5 Å². The third-order valence-electron chi connectivity index (χ3n) is 5.02. The van der Waals surface area contributed by atoms with E-state index >= 15 is 0 Å². The summed E-state index contributed by atoms with van der Waals surface area (Å²) >= 11 is 1.40. The van der Waals surface area contributed by atoms with Gasteiger partial charge in [0.15, 0.2) is 5.12 Å². The molecule has 2 fully saturated rings. The number of rotatable bonds is 7. The van der Waals surface area contributed by atoms with E-state index in [2.05, 4.69) is 16.3 Å². The van der Waals surface area contributed by atoms with Gasteiger partial charge in [0.25, 0.3) is 0 Å². The summed E-state index contributed by atoms with van der Waals surface area (Å²) in [5, 5.41) is 18.0. The number of hydrogen-bond donors (Lipinski definition) is 3. The highest BCUT2D eigenvalue weighted by atomic mass is 32.2. The molecule has 0 spiro atoms. The second kappa shape index (κ2) is 17.8. The molecule has 0 aliphatic carbocycles. The first-order valence-electron chi connectivity index (χ1n) is 11.7. The fourth-order valence-corrected chi connectivity index (χ4v) is 4.13. The number of ether oxygens (including phenoxy) is 1. The molecule has 0 bridgehead atoms. The number of carbonyl (C=O) groups excluding carboxylic acids is 3. The highest BCUT2D eigenvalue weighted by Gasteiger charge is 2.38. The van der Waals surface area contributed by atoms with Gasteiger partial charge < -0.3 is 25.2 Å². The van der Waals surface area contributed by atoms with Crippen molar-refractivity contribution < 1.29 is 65.3 Å². The lowest BCUT2D eigenvalue weighted by molar-refractivity contribution is -0.193. The summed E-state index contributed by atoms with van der Waals surface area (Å²) in [5.41, 5.74) is 1.24. The molecule has 1 unspecified atom stereocenters. The minimum Gasteiger partial charge on any atom is -0.475 e. The molecule has 2 aliphatic rings. The second-order valence-corrected chi connectivity index (χ2v) is 9.50. The van der Waals surface area contributed by atoms with Crippen molar-refractivity contribution in [3.05, 3.63) is 11.6 Å². The Balaban J connectivity index is 0.000000894. The fourth-order valence-electron chi connectivity index (χ4n) is 3.16. The van der Waals surface area contributed by atoms with Crippen LogP contribution in [0.25, 0.3) is 0 Å². The van der Waals surface area contributed by atoms with E-state index in [1.54, 1.807) is 18.7 Å². The topological polar surface area (TPSA) is 154 Å². The largest absolute Gasteiger partial charge is 0.490 e. The SMILES string of the molecule is CCOC(=O)CCN1CCN(C/C=C2\CNCCC2SC(C)=O)CC1=O.O=C(O)C(F)(F)F.O=C(O)C(F)(F)F. The molecule has 2 rings (SSSR count). The number of halogens is 6. The van der Waals surface area contributed by atoms with E-state index in [1.165, 1.54) is 17.3 Å². The van der Waals surface area contributed by atoms with E-state index in [0.717, 1.165) is 26.1 Å². The number of alkyl halides is 6. The lowest BCUT2D eigenvalue weighted by Gasteiger charge is -2.34. The molecule has 230 valence electrons. The second-order valence-electron chi connectivity index (χ2n) is 8.12. The highest BCUT2D eigenvalue weighted by molar-refractivity contribution is 8.14. The molecule has 0 aromatic rings. The summed E-state index contributed by atoms with van der Waals surface area (Å²) in [6.07, 6.45) is -6.80. The third kappa shape index (κ3) is 16.3. The fraction of sp³-hybridized carbons (Fsp3) is 0.682. The van der Waals surface area contributed by atoms with Crippen LogP contribution in [0.15, 0.2) is 11.6 Å². The molecule has 0 aromatic heterocycles. The van der Waals surface area contributed by atoms with Crippen molar-refractivity contribution >= 4 is 40.7 Å². The summed E-state index contributed by atoms with van der Waals surface area (Å²) in [5.74, 6) is -5.72. The van der Waals surface area contributed by atoms with Gasteiger partial charge in [0.1, 0.15) is 0 Å². The molecule has 0 radical (unpaired) electrons. The predicted molar refractivity (Wildman–Crippen MR) is 129 cm³/mol. The van der Waals surface area contributed by atoms with Gasteiger partial charge in [-0.3, -0.25) is 19.3 Å². The first-order chi connectivity index (χ1) is 18.4. The standard InChI is InChI=1S/C18H29N3O4S.2C2HF3O2/c1-3-25-18(24)6-9-21-11-10-20(13-17(21)23)8-5-15-12-19-7-4-16(15)26-14(2)22;2*3-2(4,5)1(6)7/h5,16,19H,3-4,6-13H2,1-2H3;2*(H,6,7)/b15-5+;;. The number of thioether (sulfide) groups is 1. The lowest BCUT2D eigenvalue weighted by atomic mass is 10.1. The Bertz CT molecular complexity index is 890. The third-order valence-corrected chi connectivity index (χ3v) is 6.17. The van der Waals surface area contributed by atoms with Gasteiger partial charge in [-0.2, -0.15) is 26.3 Å². The van der Waals surface area contributed by atoms with Gasteiger partial charge in [0.05, 0.1) is 19.6 Å². The van der Waals surface area contributed by atoms with Crippen molar-refractivity contribution in [1.82, 2.24) is 15.1 Å². The highest BCUT2D eigenvalue weighted by Crippen LogP contribution is 2.25. The number of hydrogen-bond acceptors (Lipinski definition) is 9. The van der Waals surface area contributed by atoms with Gasteiger partial charge >= 0.3 is 30.3 Å². The zero-order valence-electron chi connectivity index (χ0n) is 21.6. The minimum atomic E-state index is -5.08. The molecule has 2 saturated heterocycles. The van der Waals surface area contributed by atoms with E-state index in [0.29, 0.717) is 32.8 Å². The average Bonchev–Trinajstić information content (AvgIpc) is 2.82. The van der Waals surface area contributed by atoms with Crippen LogP contribution >= 0.6 is 11.8 Å². The van der Waals surface area contributed by atoms with Crippen LogP contribution in [0.5, 0.6) is 0 Å². The van der Waals surface area contributed by atoms with Gasteiger partial charge in [-0.1, -0.05) is 17.8 Å². The number of amides is 1. The Hall–Kier alpha value is -2.86. The Kier molecular flexibility index (Phi) is 16.5. The number of piperazine rings is 1. The normalized spacial score (nSPS) is 19.1. The van der Waals surface area contributed by atoms with E-state index in [1.807, 2.05) is 0 Å². The van der Waals surface area contributed by atoms with Gasteiger partial charge in [0, 0.05) is 44.9 Å². The van der Waals surface area contributed by atoms with Crippen molar-refractivity contribution in [3.8, 4) is 0 Å². The van der Waals surface area contributed by atoms with Crippen LogP contribution in [0.3, 0.4) is 0 Å². The maximum Gasteiger partial charge on any atom is 0.490 e. The minimum absolute atomic E-state index is 0.0513. The van der Waals surface area contributed by atoms with Crippen molar-refractivity contribution in [2.24, 2.45) is 0 Å². The number of carboxylic acid groups (broad SMARTS) is 2. The molecule has 0 aromatic carbocycles. The van der Waals surface area contributed by atoms with Crippen LogP contribution in [-0.2, 0) is 28.7 Å². The molecule has 11 nitrogen and oxygen atoms in total. The zero-order chi connectivity index (χ0) is 31.1. The monoisotopic (exact) mass is 611 g/mol. The maximum atomic E-state index is 12.3. The molecular weight excluding hydrogens is 580 g/mol. The summed E-state index contributed by atoms with van der Waals surface area (Å²) in [7, 11) is 0. The van der Waals surface area contributed by atoms with Crippen LogP contribution < -0.4 is 5.32 Å². The Morgan fingerprint density at radius 1 is 1.07 bits per heavy atom. The molecule has 0 saturated carbocycles. The van der Waals surface area contributed by atoms with Gasteiger partial charge in [-0.25, -0.2) is 9.59 Å². The summed E-state index contributed by atoms with van der Waals surface area (Å²) in [4.78, 5) is 56.8. The van der Waals surface area contributed by atoms with Crippen molar-refractivity contribution in [2.75, 3.05) is 52.4 Å². The quantitative estimate of drug-likeness (QED) is 0.220. The van der Waals surface area contributed by atoms with E-state index in [9.17, 15) is 40.7 Å². The Labute approximate surface area is 229 Å². The van der Waals surface area contributed by atoms with Crippen LogP contribution in [0, 0.1) is 0 Å². The van der Waals surface area contributed by atoms with Gasteiger partial charge in [0.2, 0.25) is 5.91 Å². The summed E-state index contributed by atoms with van der Waals surface area (Å²) in [6.45, 7) is 8.41.